The number of aliphatic hydroxyl groups excluding tert-OH is 1. The van der Waals surface area contributed by atoms with Crippen molar-refractivity contribution in [2.45, 2.75) is 12.8 Å². The van der Waals surface area contributed by atoms with Gasteiger partial charge >= 0.3 is 18.3 Å². The number of halogens is 3. The van der Waals surface area contributed by atoms with E-state index in [1.54, 1.807) is 0 Å². The Kier molecular flexibility index (Phi) is 5.21. The summed E-state index contributed by atoms with van der Waals surface area (Å²) in [4.78, 5) is 30.8. The summed E-state index contributed by atoms with van der Waals surface area (Å²) in [5.74, 6) is 0.141. The quantitative estimate of drug-likeness (QED) is 0.418. The average molecular weight is 461 g/mol. The number of primary amides is 1. The van der Waals surface area contributed by atoms with Gasteiger partial charge in [0.15, 0.2) is 5.69 Å². The number of alkyl halides is 3. The second kappa shape index (κ2) is 7.90. The van der Waals surface area contributed by atoms with Crippen molar-refractivity contribution in [2.24, 2.45) is 5.73 Å². The van der Waals surface area contributed by atoms with E-state index in [1.807, 2.05) is 0 Å². The van der Waals surface area contributed by atoms with Gasteiger partial charge in [-0.05, 0) is 18.2 Å². The van der Waals surface area contributed by atoms with Crippen LogP contribution in [0.3, 0.4) is 0 Å². The lowest BCUT2D eigenvalue weighted by molar-refractivity contribution is -0.142. The third kappa shape index (κ3) is 3.94. The molecular formula is C19H12F3N6O5. The smallest absolute Gasteiger partial charge is 0.434 e. The third-order valence-corrected chi connectivity index (χ3v) is 4.52. The van der Waals surface area contributed by atoms with Gasteiger partial charge in [-0.25, -0.2) is 19.6 Å². The SMILES string of the molecule is NC(=O)n1n[c]c(-c2cn(C(=O)O)c3ccc(Oc4cc(CO)ncn4)cc23)c1C(F)(F)F. The van der Waals surface area contributed by atoms with Crippen molar-refractivity contribution in [3.05, 3.63) is 54.4 Å². The zero-order valence-corrected chi connectivity index (χ0v) is 16.2. The molecule has 14 heteroatoms. The lowest BCUT2D eigenvalue weighted by Gasteiger charge is -2.10. The number of amides is 1. The molecule has 0 saturated carbocycles. The van der Waals surface area contributed by atoms with E-state index in [4.69, 9.17) is 10.5 Å². The van der Waals surface area contributed by atoms with Gasteiger partial charge in [-0.15, -0.1) is 0 Å². The first kappa shape index (κ1) is 21.8. The van der Waals surface area contributed by atoms with E-state index in [9.17, 15) is 33.0 Å². The predicted octanol–water partition coefficient (Wildman–Crippen LogP) is 2.85. The highest BCUT2D eigenvalue weighted by atomic mass is 19.4. The van der Waals surface area contributed by atoms with Crippen LogP contribution in [0.15, 0.2) is 36.8 Å². The molecule has 0 aliphatic heterocycles. The van der Waals surface area contributed by atoms with Crippen molar-refractivity contribution in [3.63, 3.8) is 0 Å². The molecule has 0 atom stereocenters. The first-order valence-electron chi connectivity index (χ1n) is 8.96. The highest BCUT2D eigenvalue weighted by Crippen LogP contribution is 2.41. The maximum absolute atomic E-state index is 13.7. The molecule has 0 bridgehead atoms. The van der Waals surface area contributed by atoms with Crippen LogP contribution in [0.2, 0.25) is 0 Å². The van der Waals surface area contributed by atoms with Gasteiger partial charge in [0.2, 0.25) is 5.88 Å². The molecule has 11 nitrogen and oxygen atoms in total. The number of fused-ring (bicyclic) bond motifs is 1. The molecule has 0 fully saturated rings. The van der Waals surface area contributed by atoms with E-state index in [2.05, 4.69) is 21.3 Å². The molecule has 4 rings (SSSR count). The van der Waals surface area contributed by atoms with Crippen molar-refractivity contribution in [1.82, 2.24) is 24.3 Å². The van der Waals surface area contributed by atoms with Gasteiger partial charge in [0.05, 0.1) is 17.8 Å². The lowest BCUT2D eigenvalue weighted by atomic mass is 10.0. The van der Waals surface area contributed by atoms with E-state index in [1.165, 1.54) is 24.3 Å². The fourth-order valence-electron chi connectivity index (χ4n) is 3.19. The summed E-state index contributed by atoms with van der Waals surface area (Å²) in [5, 5.41) is 22.0. The zero-order chi connectivity index (χ0) is 23.9. The Morgan fingerprint density at radius 1 is 1.21 bits per heavy atom. The van der Waals surface area contributed by atoms with Gasteiger partial charge < -0.3 is 20.7 Å². The van der Waals surface area contributed by atoms with Crippen LogP contribution < -0.4 is 10.5 Å². The number of hydrogen-bond donors (Lipinski definition) is 3. The fourth-order valence-corrected chi connectivity index (χ4v) is 3.19. The molecule has 33 heavy (non-hydrogen) atoms. The summed E-state index contributed by atoms with van der Waals surface area (Å²) in [5.41, 5.74) is 2.90. The summed E-state index contributed by atoms with van der Waals surface area (Å²) in [6.45, 7) is -0.372. The molecule has 1 aromatic carbocycles. The monoisotopic (exact) mass is 461 g/mol. The standard InChI is InChI=1S/C19H12F3N6O5/c20-19(21,22)16-12(5-26-28(16)17(23)30)13-6-27(18(31)32)14-2-1-10(4-11(13)14)33-15-3-9(7-29)24-8-25-15/h1-4,6,8,29H,7H2,(H2,23,30)(H,31,32). The van der Waals surface area contributed by atoms with Crippen molar-refractivity contribution in [1.29, 1.82) is 0 Å². The van der Waals surface area contributed by atoms with Crippen molar-refractivity contribution in [2.75, 3.05) is 0 Å². The minimum Gasteiger partial charge on any atom is -0.464 e. The predicted molar refractivity (Wildman–Crippen MR) is 103 cm³/mol. The Labute approximate surface area is 181 Å². The molecule has 0 saturated heterocycles. The highest BCUT2D eigenvalue weighted by Gasteiger charge is 2.41. The Morgan fingerprint density at radius 2 is 1.97 bits per heavy atom. The highest BCUT2D eigenvalue weighted by molar-refractivity contribution is 6.01. The van der Waals surface area contributed by atoms with E-state index >= 15 is 0 Å². The third-order valence-electron chi connectivity index (χ3n) is 4.52. The second-order valence-electron chi connectivity index (χ2n) is 6.57. The number of nitrogens with two attached hydrogens (primary N) is 1. The molecule has 0 spiro atoms. The van der Waals surface area contributed by atoms with Crippen LogP contribution in [0, 0.1) is 6.20 Å². The van der Waals surface area contributed by atoms with Gasteiger partial charge in [-0.3, -0.25) is 4.57 Å². The van der Waals surface area contributed by atoms with Crippen molar-refractivity contribution in [3.8, 4) is 22.8 Å². The van der Waals surface area contributed by atoms with Crippen LogP contribution in [-0.4, -0.2) is 46.7 Å². The minimum absolute atomic E-state index is 0.0386. The molecule has 0 unspecified atom stereocenters. The first-order chi connectivity index (χ1) is 15.6. The molecule has 169 valence electrons. The van der Waals surface area contributed by atoms with Crippen LogP contribution in [0.5, 0.6) is 11.6 Å². The van der Waals surface area contributed by atoms with Crippen LogP contribution in [0.4, 0.5) is 22.8 Å². The number of hydrogen-bond acceptors (Lipinski definition) is 7. The van der Waals surface area contributed by atoms with Crippen LogP contribution in [0.1, 0.15) is 11.4 Å². The number of aromatic nitrogens is 5. The van der Waals surface area contributed by atoms with Crippen LogP contribution >= 0.6 is 0 Å². The zero-order valence-electron chi connectivity index (χ0n) is 16.2. The number of carbonyl (C=O) groups excluding carboxylic acids is 1. The van der Waals surface area contributed by atoms with Gasteiger partial charge in [0, 0.05) is 28.8 Å². The van der Waals surface area contributed by atoms with Crippen LogP contribution in [-0.2, 0) is 12.8 Å². The van der Waals surface area contributed by atoms with Gasteiger partial charge in [0.1, 0.15) is 18.3 Å². The topological polar surface area (TPSA) is 158 Å². The van der Waals surface area contributed by atoms with Crippen LogP contribution in [0.25, 0.3) is 22.0 Å². The summed E-state index contributed by atoms with van der Waals surface area (Å²) < 4.78 is 47.4. The summed E-state index contributed by atoms with van der Waals surface area (Å²) in [6, 6.07) is 3.86. The fraction of sp³-hybridized carbons (Fsp3) is 0.105. The molecule has 3 aromatic heterocycles. The van der Waals surface area contributed by atoms with Gasteiger partial charge in [-0.2, -0.15) is 23.0 Å². The molecule has 4 N–H and O–H groups in total. The number of benzene rings is 1. The summed E-state index contributed by atoms with van der Waals surface area (Å²) in [7, 11) is 0. The van der Waals surface area contributed by atoms with Crippen molar-refractivity contribution < 1.29 is 37.7 Å². The van der Waals surface area contributed by atoms with Crippen molar-refractivity contribution >= 4 is 23.0 Å². The summed E-state index contributed by atoms with van der Waals surface area (Å²) in [6.07, 6.45) is -2.31. The second-order valence-corrected chi connectivity index (χ2v) is 6.57. The number of carboxylic acid groups (broad SMARTS) is 1. The Balaban J connectivity index is 1.91. The lowest BCUT2D eigenvalue weighted by Crippen LogP contribution is -2.26. The average Bonchev–Trinajstić information content (AvgIpc) is 3.35. The molecule has 3 heterocycles. The number of rotatable bonds is 4. The van der Waals surface area contributed by atoms with Gasteiger partial charge in [-0.1, -0.05) is 0 Å². The van der Waals surface area contributed by atoms with E-state index in [0.29, 0.717) is 4.57 Å². The minimum atomic E-state index is -5.05. The molecule has 0 aliphatic rings. The molecular weight excluding hydrogens is 449 g/mol. The van der Waals surface area contributed by atoms with E-state index in [0.717, 1.165) is 12.5 Å². The maximum Gasteiger partial charge on any atom is 0.434 e. The first-order valence-corrected chi connectivity index (χ1v) is 8.96. The Bertz CT molecular complexity index is 1390. The number of carbonyl (C=O) groups is 2. The molecule has 1 amide bonds. The molecule has 4 aromatic rings. The molecule has 0 aliphatic carbocycles. The normalized spacial score (nSPS) is 11.6. The number of aliphatic hydroxyl groups is 1. The van der Waals surface area contributed by atoms with E-state index in [-0.39, 0.29) is 45.1 Å². The number of ether oxygens (including phenoxy) is 1. The summed E-state index contributed by atoms with van der Waals surface area (Å²) >= 11 is 0. The maximum atomic E-state index is 13.7. The van der Waals surface area contributed by atoms with E-state index < -0.39 is 29.6 Å². The largest absolute Gasteiger partial charge is 0.464 e. The Morgan fingerprint density at radius 3 is 2.61 bits per heavy atom. The number of nitrogens with zero attached hydrogens (tertiary/aromatic N) is 5. The Hall–Kier alpha value is -4.46. The van der Waals surface area contributed by atoms with Gasteiger partial charge in [0.25, 0.3) is 0 Å². The molecule has 1 radical (unpaired) electrons.